The highest BCUT2D eigenvalue weighted by Gasteiger charge is 2.23. The summed E-state index contributed by atoms with van der Waals surface area (Å²) in [6.45, 7) is 2.12. The molecule has 3 atom stereocenters. The van der Waals surface area contributed by atoms with E-state index in [4.69, 9.17) is 0 Å². The van der Waals surface area contributed by atoms with E-state index >= 15 is 0 Å². The van der Waals surface area contributed by atoms with Gasteiger partial charge >= 0.3 is 6.03 Å². The number of thioether (sulfide) groups is 1. The van der Waals surface area contributed by atoms with Gasteiger partial charge in [-0.1, -0.05) is 19.8 Å². The fraction of sp³-hybridized carbons (Fsp3) is 0.846. The predicted octanol–water partition coefficient (Wildman–Crippen LogP) is 0.736. The van der Waals surface area contributed by atoms with Crippen LogP contribution < -0.4 is 15.7 Å². The van der Waals surface area contributed by atoms with Gasteiger partial charge in [-0.3, -0.25) is 0 Å². The van der Waals surface area contributed by atoms with E-state index in [1.807, 2.05) is 6.26 Å². The largest absolute Gasteiger partial charge is 0.548 e. The van der Waals surface area contributed by atoms with E-state index in [0.717, 1.165) is 19.3 Å². The molecule has 1 saturated carbocycles. The summed E-state index contributed by atoms with van der Waals surface area (Å²) in [6, 6.07) is -1.16. The molecule has 0 aromatic carbocycles. The van der Waals surface area contributed by atoms with Crippen molar-refractivity contribution in [2.75, 3.05) is 12.0 Å². The Bertz CT molecular complexity index is 312. The zero-order valence-electron chi connectivity index (χ0n) is 11.6. The van der Waals surface area contributed by atoms with Crippen LogP contribution in [-0.2, 0) is 4.79 Å². The molecule has 2 amide bonds. The number of carbonyl (C=O) groups is 2. The minimum absolute atomic E-state index is 0.150. The first kappa shape index (κ1) is 16.1. The lowest BCUT2D eigenvalue weighted by molar-refractivity contribution is -0.308. The van der Waals surface area contributed by atoms with Gasteiger partial charge in [-0.2, -0.15) is 11.8 Å². The second-order valence-corrected chi connectivity index (χ2v) is 6.12. The van der Waals surface area contributed by atoms with E-state index in [2.05, 4.69) is 17.6 Å². The third kappa shape index (κ3) is 5.72. The lowest BCUT2D eigenvalue weighted by atomic mass is 9.86. The van der Waals surface area contributed by atoms with E-state index in [1.165, 1.54) is 6.42 Å². The summed E-state index contributed by atoms with van der Waals surface area (Å²) in [5.41, 5.74) is 0. The minimum Gasteiger partial charge on any atom is -0.548 e. The Kier molecular flexibility index (Phi) is 7.05. The molecular weight excluding hydrogens is 264 g/mol. The van der Waals surface area contributed by atoms with Gasteiger partial charge in [0.2, 0.25) is 0 Å². The van der Waals surface area contributed by atoms with E-state index in [9.17, 15) is 14.7 Å². The maximum Gasteiger partial charge on any atom is 0.315 e. The summed E-state index contributed by atoms with van der Waals surface area (Å²) < 4.78 is 0. The van der Waals surface area contributed by atoms with E-state index in [0.29, 0.717) is 18.1 Å². The first-order valence-electron chi connectivity index (χ1n) is 6.81. The van der Waals surface area contributed by atoms with Crippen LogP contribution in [0, 0.1) is 5.92 Å². The molecule has 1 aliphatic rings. The molecular formula is C13H23N2O3S-. The highest BCUT2D eigenvalue weighted by molar-refractivity contribution is 7.98. The second kappa shape index (κ2) is 8.30. The molecule has 2 N–H and O–H groups in total. The standard InChI is InChI=1S/C13H24N2O3S/c1-9-5-3-4-6-10(9)14-13(18)15-11(12(16)17)7-8-19-2/h9-11H,3-8H2,1-2H3,(H,16,17)(H2,14,15,18)/p-1/t9-,10-,11-/m0/s1. The van der Waals surface area contributed by atoms with Crippen molar-refractivity contribution in [2.45, 2.75) is 51.1 Å². The van der Waals surface area contributed by atoms with Crippen LogP contribution in [0.25, 0.3) is 0 Å². The number of carboxylic acids is 1. The number of hydrogen-bond donors (Lipinski definition) is 2. The molecule has 0 heterocycles. The molecule has 5 nitrogen and oxygen atoms in total. The van der Waals surface area contributed by atoms with Crippen LogP contribution >= 0.6 is 11.8 Å². The smallest absolute Gasteiger partial charge is 0.315 e. The van der Waals surface area contributed by atoms with Gasteiger partial charge in [-0.15, -0.1) is 0 Å². The van der Waals surface area contributed by atoms with Gasteiger partial charge in [-0.05, 0) is 37.2 Å². The van der Waals surface area contributed by atoms with Crippen molar-refractivity contribution >= 4 is 23.8 Å². The normalized spacial score (nSPS) is 24.5. The zero-order valence-corrected chi connectivity index (χ0v) is 12.4. The number of nitrogens with one attached hydrogen (secondary N) is 2. The number of rotatable bonds is 6. The predicted molar refractivity (Wildman–Crippen MR) is 74.9 cm³/mol. The maximum absolute atomic E-state index is 11.8. The van der Waals surface area contributed by atoms with Crippen molar-refractivity contribution in [3.8, 4) is 0 Å². The third-order valence-electron chi connectivity index (χ3n) is 3.63. The quantitative estimate of drug-likeness (QED) is 0.755. The summed E-state index contributed by atoms with van der Waals surface area (Å²) >= 11 is 1.55. The van der Waals surface area contributed by atoms with Crippen LogP contribution in [0.1, 0.15) is 39.0 Å². The van der Waals surface area contributed by atoms with E-state index in [1.54, 1.807) is 11.8 Å². The van der Waals surface area contributed by atoms with Gasteiger partial charge in [0.25, 0.3) is 0 Å². The molecule has 0 unspecified atom stereocenters. The van der Waals surface area contributed by atoms with Gasteiger partial charge in [0.1, 0.15) is 0 Å². The van der Waals surface area contributed by atoms with Crippen LogP contribution in [0.3, 0.4) is 0 Å². The molecule has 1 rings (SSSR count). The Labute approximate surface area is 118 Å². The summed E-state index contributed by atoms with van der Waals surface area (Å²) in [5, 5.41) is 16.3. The number of carboxylic acid groups (broad SMARTS) is 1. The summed E-state index contributed by atoms with van der Waals surface area (Å²) in [7, 11) is 0. The second-order valence-electron chi connectivity index (χ2n) is 5.14. The average molecular weight is 287 g/mol. The van der Waals surface area contributed by atoms with Crippen molar-refractivity contribution in [1.29, 1.82) is 0 Å². The summed E-state index contributed by atoms with van der Waals surface area (Å²) in [6.07, 6.45) is 6.69. The molecule has 110 valence electrons. The molecule has 0 aliphatic heterocycles. The molecule has 0 aromatic heterocycles. The number of carbonyl (C=O) groups excluding carboxylic acids is 2. The highest BCUT2D eigenvalue weighted by Crippen LogP contribution is 2.23. The molecule has 0 bridgehead atoms. The molecule has 1 aliphatic carbocycles. The monoisotopic (exact) mass is 287 g/mol. The lowest BCUT2D eigenvalue weighted by Gasteiger charge is -2.30. The van der Waals surface area contributed by atoms with Gasteiger partial charge < -0.3 is 20.5 Å². The third-order valence-corrected chi connectivity index (χ3v) is 4.27. The molecule has 0 radical (unpaired) electrons. The van der Waals surface area contributed by atoms with E-state index < -0.39 is 18.0 Å². The Hall–Kier alpha value is -0.910. The number of hydrogen-bond acceptors (Lipinski definition) is 4. The molecule has 1 fully saturated rings. The van der Waals surface area contributed by atoms with Crippen LogP contribution in [0.2, 0.25) is 0 Å². The number of urea groups is 1. The fourth-order valence-electron chi connectivity index (χ4n) is 2.38. The van der Waals surface area contributed by atoms with Crippen LogP contribution in [-0.4, -0.2) is 36.1 Å². The summed E-state index contributed by atoms with van der Waals surface area (Å²) in [4.78, 5) is 22.7. The van der Waals surface area contributed by atoms with Gasteiger partial charge in [0, 0.05) is 6.04 Å². The van der Waals surface area contributed by atoms with Crippen molar-refractivity contribution in [1.82, 2.24) is 10.6 Å². The van der Waals surface area contributed by atoms with Gasteiger partial charge in [0.05, 0.1) is 12.0 Å². The molecule has 19 heavy (non-hydrogen) atoms. The first-order chi connectivity index (χ1) is 9.04. The van der Waals surface area contributed by atoms with Crippen molar-refractivity contribution < 1.29 is 14.7 Å². The van der Waals surface area contributed by atoms with Crippen molar-refractivity contribution in [3.63, 3.8) is 0 Å². The average Bonchev–Trinajstić information content (AvgIpc) is 2.37. The molecule has 0 aromatic rings. The lowest BCUT2D eigenvalue weighted by Crippen LogP contribution is -2.54. The van der Waals surface area contributed by atoms with E-state index in [-0.39, 0.29) is 6.04 Å². The Balaban J connectivity index is 2.40. The molecule has 0 saturated heterocycles. The molecule has 6 heteroatoms. The highest BCUT2D eigenvalue weighted by atomic mass is 32.2. The Morgan fingerprint density at radius 1 is 1.37 bits per heavy atom. The van der Waals surface area contributed by atoms with Gasteiger partial charge in [-0.25, -0.2) is 4.79 Å². The fourth-order valence-corrected chi connectivity index (χ4v) is 2.86. The Morgan fingerprint density at radius 3 is 2.63 bits per heavy atom. The summed E-state index contributed by atoms with van der Waals surface area (Å²) in [5.74, 6) is -0.0911. The number of amides is 2. The number of aliphatic carboxylic acids is 1. The minimum atomic E-state index is -1.22. The van der Waals surface area contributed by atoms with Gasteiger partial charge in [0.15, 0.2) is 0 Å². The van der Waals surface area contributed by atoms with Crippen LogP contribution in [0.15, 0.2) is 0 Å². The first-order valence-corrected chi connectivity index (χ1v) is 8.20. The van der Waals surface area contributed by atoms with Crippen molar-refractivity contribution in [2.24, 2.45) is 5.92 Å². The maximum atomic E-state index is 11.8. The van der Waals surface area contributed by atoms with Crippen molar-refractivity contribution in [3.05, 3.63) is 0 Å². The zero-order chi connectivity index (χ0) is 14.3. The topological polar surface area (TPSA) is 81.3 Å². The van der Waals surface area contributed by atoms with Crippen LogP contribution in [0.5, 0.6) is 0 Å². The van der Waals surface area contributed by atoms with Crippen LogP contribution in [0.4, 0.5) is 4.79 Å². The SMILES string of the molecule is CSCC[C@H](NC(=O)N[C@H]1CCCC[C@@H]1C)C(=O)[O-]. The molecule has 0 spiro atoms. The Morgan fingerprint density at radius 2 is 2.05 bits per heavy atom.